The maximum Gasteiger partial charge on any atom is 0.251 e. The molecular weight excluding hydrogens is 234 g/mol. The molecule has 1 aliphatic rings. The Hall–Kier alpha value is -1.02. The van der Waals surface area contributed by atoms with Crippen LogP contribution in [0.2, 0.25) is 0 Å². The third-order valence-corrected chi connectivity index (χ3v) is 4.02. The molecule has 1 N–H and O–H groups in total. The second kappa shape index (κ2) is 4.34. The van der Waals surface area contributed by atoms with E-state index in [-0.39, 0.29) is 16.7 Å². The van der Waals surface area contributed by atoms with E-state index in [4.69, 9.17) is 11.6 Å². The normalized spacial score (nSPS) is 17.3. The summed E-state index contributed by atoms with van der Waals surface area (Å²) in [6.07, 6.45) is 0.907. The van der Waals surface area contributed by atoms with Gasteiger partial charge < -0.3 is 5.32 Å². The number of hydrogen-bond donors (Lipinski definition) is 1. The third kappa shape index (κ3) is 2.47. The van der Waals surface area contributed by atoms with Gasteiger partial charge in [-0.15, -0.1) is 11.6 Å². The highest BCUT2D eigenvalue weighted by Crippen LogP contribution is 2.39. The van der Waals surface area contributed by atoms with Crippen molar-refractivity contribution in [2.24, 2.45) is 5.41 Å². The van der Waals surface area contributed by atoms with Crippen LogP contribution in [0.25, 0.3) is 0 Å². The van der Waals surface area contributed by atoms with E-state index in [0.29, 0.717) is 0 Å². The molecule has 17 heavy (non-hydrogen) atoms. The lowest BCUT2D eigenvalue weighted by Crippen LogP contribution is -2.32. The number of fused-ring (bicyclic) bond motifs is 1. The summed E-state index contributed by atoms with van der Waals surface area (Å²) in [6, 6.07) is 6.01. The summed E-state index contributed by atoms with van der Waals surface area (Å²) in [5, 5.41) is 2.78. The van der Waals surface area contributed by atoms with Crippen molar-refractivity contribution in [1.29, 1.82) is 0 Å². The largest absolute Gasteiger partial charge is 0.352 e. The highest BCUT2D eigenvalue weighted by molar-refractivity contribution is 6.21. The molecule has 1 aromatic rings. The minimum absolute atomic E-state index is 0.0130. The van der Waals surface area contributed by atoms with Gasteiger partial charge in [0.05, 0.1) is 5.38 Å². The average molecular weight is 252 g/mol. The maximum atomic E-state index is 11.8. The van der Waals surface area contributed by atoms with Gasteiger partial charge in [0.2, 0.25) is 0 Å². The molecule has 0 bridgehead atoms. The number of hydrogen-bond acceptors (Lipinski definition) is 1. The number of benzene rings is 1. The van der Waals surface area contributed by atoms with E-state index in [0.717, 1.165) is 29.7 Å². The zero-order valence-electron chi connectivity index (χ0n) is 10.5. The van der Waals surface area contributed by atoms with Crippen LogP contribution in [-0.2, 0) is 6.42 Å². The van der Waals surface area contributed by atoms with Gasteiger partial charge in [0.15, 0.2) is 0 Å². The molecule has 0 aliphatic carbocycles. The fraction of sp³-hybridized carbons (Fsp3) is 0.500. The van der Waals surface area contributed by atoms with E-state index >= 15 is 0 Å². The molecule has 0 fully saturated rings. The monoisotopic (exact) mass is 251 g/mol. The Morgan fingerprint density at radius 1 is 1.35 bits per heavy atom. The van der Waals surface area contributed by atoms with Crippen LogP contribution in [0.1, 0.15) is 47.6 Å². The molecule has 1 aliphatic heterocycles. The van der Waals surface area contributed by atoms with Crippen molar-refractivity contribution in [2.45, 2.75) is 32.6 Å². The molecule has 1 amide bonds. The van der Waals surface area contributed by atoms with Crippen LogP contribution in [0.5, 0.6) is 0 Å². The first-order valence-electron chi connectivity index (χ1n) is 5.94. The molecule has 2 rings (SSSR count). The Bertz CT molecular complexity index is 448. The first-order chi connectivity index (χ1) is 7.89. The van der Waals surface area contributed by atoms with E-state index in [9.17, 15) is 4.79 Å². The summed E-state index contributed by atoms with van der Waals surface area (Å²) in [6.45, 7) is 7.04. The predicted molar refractivity (Wildman–Crippen MR) is 70.5 cm³/mol. The summed E-state index contributed by atoms with van der Waals surface area (Å²) >= 11 is 6.44. The lowest BCUT2D eigenvalue weighted by Gasteiger charge is -2.27. The third-order valence-electron chi connectivity index (χ3n) is 3.11. The van der Waals surface area contributed by atoms with E-state index in [1.165, 1.54) is 0 Å². The van der Waals surface area contributed by atoms with Crippen LogP contribution >= 0.6 is 11.6 Å². The smallest absolute Gasteiger partial charge is 0.251 e. The van der Waals surface area contributed by atoms with E-state index in [1.54, 1.807) is 0 Å². The Kier molecular flexibility index (Phi) is 3.17. The van der Waals surface area contributed by atoms with Gasteiger partial charge in [-0.2, -0.15) is 0 Å². The number of amides is 1. The van der Waals surface area contributed by atoms with Gasteiger partial charge in [0.25, 0.3) is 5.91 Å². The van der Waals surface area contributed by atoms with Crippen molar-refractivity contribution in [3.8, 4) is 0 Å². The minimum Gasteiger partial charge on any atom is -0.352 e. The molecular formula is C14H18ClNO. The fourth-order valence-electron chi connectivity index (χ4n) is 2.09. The van der Waals surface area contributed by atoms with Crippen LogP contribution in [-0.4, -0.2) is 12.5 Å². The van der Waals surface area contributed by atoms with E-state index in [1.807, 2.05) is 18.2 Å². The number of alkyl halides is 1. The minimum atomic E-state index is -0.0810. The lowest BCUT2D eigenvalue weighted by molar-refractivity contribution is 0.0946. The van der Waals surface area contributed by atoms with Crippen LogP contribution in [0, 0.1) is 5.41 Å². The van der Waals surface area contributed by atoms with Crippen molar-refractivity contribution in [1.82, 2.24) is 5.32 Å². The van der Waals surface area contributed by atoms with Gasteiger partial charge in [-0.1, -0.05) is 32.9 Å². The van der Waals surface area contributed by atoms with Crippen molar-refractivity contribution in [3.05, 3.63) is 34.9 Å². The average Bonchev–Trinajstić information content (AvgIpc) is 2.27. The standard InChI is InChI=1S/C14H18ClNO/c1-14(2,3)12(15)10-5-4-9-6-7-16-13(17)11(9)8-10/h4-5,8,12H,6-7H2,1-3H3,(H,16,17). The molecule has 0 aromatic heterocycles. The molecule has 1 atom stereocenters. The van der Waals surface area contributed by atoms with Gasteiger partial charge in [0.1, 0.15) is 0 Å². The molecule has 0 spiro atoms. The number of nitrogens with one attached hydrogen (secondary N) is 1. The zero-order valence-corrected chi connectivity index (χ0v) is 11.3. The predicted octanol–water partition coefficient (Wildman–Crippen LogP) is 3.30. The van der Waals surface area contributed by atoms with Crippen LogP contribution < -0.4 is 5.32 Å². The molecule has 92 valence electrons. The van der Waals surface area contributed by atoms with E-state index in [2.05, 4.69) is 26.1 Å². The van der Waals surface area contributed by atoms with Gasteiger partial charge in [-0.25, -0.2) is 0 Å². The van der Waals surface area contributed by atoms with Crippen molar-refractivity contribution in [3.63, 3.8) is 0 Å². The zero-order chi connectivity index (χ0) is 12.6. The second-order valence-electron chi connectivity index (χ2n) is 5.65. The van der Waals surface area contributed by atoms with Gasteiger partial charge in [-0.3, -0.25) is 4.79 Å². The van der Waals surface area contributed by atoms with Crippen LogP contribution in [0.4, 0.5) is 0 Å². The molecule has 1 aromatic carbocycles. The van der Waals surface area contributed by atoms with Gasteiger partial charge in [0, 0.05) is 12.1 Å². The highest BCUT2D eigenvalue weighted by atomic mass is 35.5. The molecule has 0 radical (unpaired) electrons. The summed E-state index contributed by atoms with van der Waals surface area (Å²) in [7, 11) is 0. The quantitative estimate of drug-likeness (QED) is 0.763. The summed E-state index contributed by atoms with van der Waals surface area (Å²) in [5.74, 6) is 0.0193. The summed E-state index contributed by atoms with van der Waals surface area (Å²) in [5.41, 5.74) is 2.91. The first-order valence-corrected chi connectivity index (χ1v) is 6.38. The van der Waals surface area contributed by atoms with Crippen molar-refractivity contribution < 1.29 is 4.79 Å². The first kappa shape index (κ1) is 12.4. The Balaban J connectivity index is 2.39. The molecule has 1 unspecified atom stereocenters. The Morgan fingerprint density at radius 2 is 2.06 bits per heavy atom. The fourth-order valence-corrected chi connectivity index (χ4v) is 2.22. The number of halogens is 1. The highest BCUT2D eigenvalue weighted by Gasteiger charge is 2.26. The maximum absolute atomic E-state index is 11.8. The number of carbonyl (C=O) groups is 1. The second-order valence-corrected chi connectivity index (χ2v) is 6.09. The van der Waals surface area contributed by atoms with Crippen LogP contribution in [0.3, 0.4) is 0 Å². The summed E-state index contributed by atoms with van der Waals surface area (Å²) < 4.78 is 0. The van der Waals surface area contributed by atoms with Crippen molar-refractivity contribution >= 4 is 17.5 Å². The molecule has 0 saturated carbocycles. The number of carbonyl (C=O) groups excluding carboxylic acids is 1. The van der Waals surface area contributed by atoms with Gasteiger partial charge >= 0.3 is 0 Å². The Morgan fingerprint density at radius 3 is 2.71 bits per heavy atom. The topological polar surface area (TPSA) is 29.1 Å². The van der Waals surface area contributed by atoms with E-state index < -0.39 is 0 Å². The Labute approximate surface area is 107 Å². The van der Waals surface area contributed by atoms with Crippen LogP contribution in [0.15, 0.2) is 18.2 Å². The molecule has 1 heterocycles. The number of rotatable bonds is 1. The summed E-state index contributed by atoms with van der Waals surface area (Å²) in [4.78, 5) is 11.8. The molecule has 0 saturated heterocycles. The van der Waals surface area contributed by atoms with Crippen molar-refractivity contribution in [2.75, 3.05) is 6.54 Å². The van der Waals surface area contributed by atoms with Gasteiger partial charge in [-0.05, 0) is 29.0 Å². The molecule has 2 nitrogen and oxygen atoms in total. The molecule has 3 heteroatoms. The lowest BCUT2D eigenvalue weighted by atomic mass is 9.85. The SMILES string of the molecule is CC(C)(C)C(Cl)c1ccc2c(c1)C(=O)NCC2.